The highest BCUT2D eigenvalue weighted by molar-refractivity contribution is 6.19. The van der Waals surface area contributed by atoms with E-state index in [1.165, 1.54) is 31.4 Å². The summed E-state index contributed by atoms with van der Waals surface area (Å²) in [5.74, 6) is -1.74. The molecule has 1 N–H and O–H groups in total. The van der Waals surface area contributed by atoms with E-state index in [0.717, 1.165) is 12.8 Å². The molecular weight excluding hydrogens is 429 g/mol. The van der Waals surface area contributed by atoms with Crippen LogP contribution in [0.25, 0.3) is 10.9 Å². The molecule has 33 heavy (non-hydrogen) atoms. The van der Waals surface area contributed by atoms with Gasteiger partial charge in [-0.25, -0.2) is 9.18 Å². The third-order valence-electron chi connectivity index (χ3n) is 5.23. The third-order valence-corrected chi connectivity index (χ3v) is 5.23. The lowest BCUT2D eigenvalue weighted by Gasteiger charge is -2.11. The van der Waals surface area contributed by atoms with Gasteiger partial charge in [-0.2, -0.15) is 0 Å². The Bertz CT molecular complexity index is 1170. The number of aryl methyl sites for hydroxylation is 1. The zero-order chi connectivity index (χ0) is 24.0. The van der Waals surface area contributed by atoms with E-state index in [9.17, 15) is 18.8 Å². The highest BCUT2D eigenvalue weighted by Gasteiger charge is 2.24. The maximum Gasteiger partial charge on any atom is 0.344 e. The molecule has 3 aromatic rings. The van der Waals surface area contributed by atoms with Crippen molar-refractivity contribution in [3.05, 3.63) is 64.6 Å². The van der Waals surface area contributed by atoms with Crippen molar-refractivity contribution in [2.45, 2.75) is 33.1 Å². The van der Waals surface area contributed by atoms with Gasteiger partial charge in [0.2, 0.25) is 0 Å². The van der Waals surface area contributed by atoms with E-state index in [0.29, 0.717) is 27.9 Å². The second-order valence-corrected chi connectivity index (χ2v) is 7.54. The smallest absolute Gasteiger partial charge is 0.344 e. The molecule has 0 atom stereocenters. The summed E-state index contributed by atoms with van der Waals surface area (Å²) in [5.41, 5.74) is 2.41. The predicted molar refractivity (Wildman–Crippen MR) is 120 cm³/mol. The number of fused-ring (bicyclic) bond motifs is 1. The van der Waals surface area contributed by atoms with Gasteiger partial charge < -0.3 is 19.2 Å². The summed E-state index contributed by atoms with van der Waals surface area (Å²) < 4.78 is 28.9. The van der Waals surface area contributed by atoms with Gasteiger partial charge in [-0.05, 0) is 55.3 Å². The van der Waals surface area contributed by atoms with Gasteiger partial charge in [0, 0.05) is 22.2 Å². The average molecular weight is 455 g/mol. The topological polar surface area (TPSA) is 94.7 Å². The van der Waals surface area contributed by atoms with Crippen LogP contribution in [0, 0.1) is 12.7 Å². The number of hydrogen-bond donors (Lipinski definition) is 1. The molecule has 0 radical (unpaired) electrons. The van der Waals surface area contributed by atoms with E-state index in [1.54, 1.807) is 19.1 Å². The Balaban J connectivity index is 1.90. The van der Waals surface area contributed by atoms with Crippen LogP contribution in [-0.4, -0.2) is 43.0 Å². The van der Waals surface area contributed by atoms with Gasteiger partial charge in [-0.1, -0.05) is 13.3 Å². The first-order valence-corrected chi connectivity index (χ1v) is 10.6. The minimum Gasteiger partial charge on any atom is -0.496 e. The van der Waals surface area contributed by atoms with Crippen molar-refractivity contribution < 1.29 is 33.0 Å². The molecule has 174 valence electrons. The molecule has 0 aliphatic heterocycles. The Morgan fingerprint density at radius 1 is 1.00 bits per heavy atom. The number of ether oxygens (including phenoxy) is 3. The fourth-order valence-electron chi connectivity index (χ4n) is 3.54. The van der Waals surface area contributed by atoms with Gasteiger partial charge in [0.1, 0.15) is 11.6 Å². The van der Waals surface area contributed by atoms with E-state index < -0.39 is 24.4 Å². The molecule has 8 heteroatoms. The SMILES string of the molecule is CCCCOC(=O)COC(=O)Cc1c(C)[nH]c2ccc(OC)c(C(=O)c3ccc(F)cc3)c12. The molecule has 0 saturated heterocycles. The largest absolute Gasteiger partial charge is 0.496 e. The number of halogens is 1. The number of aromatic nitrogens is 1. The molecule has 0 unspecified atom stereocenters. The van der Waals surface area contributed by atoms with Crippen LogP contribution in [0.5, 0.6) is 5.75 Å². The molecule has 0 bridgehead atoms. The molecule has 0 aliphatic rings. The van der Waals surface area contributed by atoms with E-state index in [4.69, 9.17) is 14.2 Å². The van der Waals surface area contributed by atoms with Gasteiger partial charge in [-0.3, -0.25) is 9.59 Å². The zero-order valence-electron chi connectivity index (χ0n) is 18.8. The van der Waals surface area contributed by atoms with Crippen LogP contribution in [0.2, 0.25) is 0 Å². The van der Waals surface area contributed by atoms with Gasteiger partial charge in [0.15, 0.2) is 12.4 Å². The molecule has 0 fully saturated rings. The summed E-state index contributed by atoms with van der Waals surface area (Å²) in [7, 11) is 1.44. The minimum atomic E-state index is -0.630. The molecule has 0 spiro atoms. The Morgan fingerprint density at radius 3 is 2.39 bits per heavy atom. The number of H-pyrrole nitrogens is 1. The van der Waals surface area contributed by atoms with Crippen LogP contribution in [0.4, 0.5) is 4.39 Å². The minimum absolute atomic E-state index is 0.162. The monoisotopic (exact) mass is 455 g/mol. The molecule has 2 aromatic carbocycles. The number of ketones is 1. The normalized spacial score (nSPS) is 10.8. The Hall–Kier alpha value is -3.68. The number of esters is 2. The summed E-state index contributed by atoms with van der Waals surface area (Å²) >= 11 is 0. The van der Waals surface area contributed by atoms with E-state index in [2.05, 4.69) is 4.98 Å². The standard InChI is InChI=1S/C25H26FNO6/c1-4-5-12-32-22(29)14-33-21(28)13-18-15(2)27-19-10-11-20(31-3)24(23(18)19)25(30)16-6-8-17(26)9-7-16/h6-11,27H,4-5,12-14H2,1-3H3. The van der Waals surface area contributed by atoms with Crippen LogP contribution in [0.15, 0.2) is 36.4 Å². The summed E-state index contributed by atoms with van der Waals surface area (Å²) in [5, 5.41) is 0.517. The van der Waals surface area contributed by atoms with E-state index in [-0.39, 0.29) is 29.9 Å². The predicted octanol–water partition coefficient (Wildman–Crippen LogP) is 4.28. The molecule has 0 saturated carbocycles. The zero-order valence-corrected chi connectivity index (χ0v) is 18.8. The van der Waals surface area contributed by atoms with Crippen LogP contribution in [-0.2, 0) is 25.5 Å². The maximum absolute atomic E-state index is 13.4. The van der Waals surface area contributed by atoms with Gasteiger partial charge in [-0.15, -0.1) is 0 Å². The number of carbonyl (C=O) groups is 3. The molecular formula is C25H26FNO6. The fraction of sp³-hybridized carbons (Fsp3) is 0.320. The third kappa shape index (κ3) is 5.58. The van der Waals surface area contributed by atoms with Crippen molar-refractivity contribution in [3.63, 3.8) is 0 Å². The second-order valence-electron chi connectivity index (χ2n) is 7.54. The Morgan fingerprint density at radius 2 is 1.73 bits per heavy atom. The van der Waals surface area contributed by atoms with Crippen molar-refractivity contribution in [1.82, 2.24) is 4.98 Å². The Kier molecular flexibility index (Phi) is 7.82. The molecule has 0 amide bonds. The summed E-state index contributed by atoms with van der Waals surface area (Å²) in [6, 6.07) is 8.62. The summed E-state index contributed by atoms with van der Waals surface area (Å²) in [4.78, 5) is 40.7. The van der Waals surface area contributed by atoms with Crippen molar-refractivity contribution >= 4 is 28.6 Å². The van der Waals surface area contributed by atoms with Crippen LogP contribution >= 0.6 is 0 Å². The van der Waals surface area contributed by atoms with E-state index in [1.807, 2.05) is 6.92 Å². The summed E-state index contributed by atoms with van der Waals surface area (Å²) in [6.45, 7) is 3.56. The molecule has 1 aromatic heterocycles. The van der Waals surface area contributed by atoms with Crippen molar-refractivity contribution in [2.75, 3.05) is 20.3 Å². The number of unbranched alkanes of at least 4 members (excludes halogenated alkanes) is 1. The van der Waals surface area contributed by atoms with Crippen molar-refractivity contribution in [2.24, 2.45) is 0 Å². The Labute approximate surface area is 190 Å². The van der Waals surface area contributed by atoms with Crippen molar-refractivity contribution in [1.29, 1.82) is 0 Å². The molecule has 3 rings (SSSR count). The second kappa shape index (κ2) is 10.8. The van der Waals surface area contributed by atoms with Crippen LogP contribution < -0.4 is 4.74 Å². The fourth-order valence-corrected chi connectivity index (χ4v) is 3.54. The number of methoxy groups -OCH3 is 1. The highest BCUT2D eigenvalue weighted by Crippen LogP contribution is 2.34. The number of carbonyl (C=O) groups excluding carboxylic acids is 3. The first-order valence-electron chi connectivity index (χ1n) is 10.6. The molecule has 1 heterocycles. The first-order chi connectivity index (χ1) is 15.8. The van der Waals surface area contributed by atoms with Gasteiger partial charge in [0.25, 0.3) is 0 Å². The number of rotatable bonds is 10. The number of aromatic amines is 1. The first kappa shape index (κ1) is 24.0. The number of hydrogen-bond acceptors (Lipinski definition) is 6. The lowest BCUT2D eigenvalue weighted by Crippen LogP contribution is -2.18. The molecule has 0 aliphatic carbocycles. The lowest BCUT2D eigenvalue weighted by atomic mass is 9.95. The molecule has 7 nitrogen and oxygen atoms in total. The average Bonchev–Trinajstić information content (AvgIpc) is 3.12. The van der Waals surface area contributed by atoms with Gasteiger partial charge >= 0.3 is 11.9 Å². The van der Waals surface area contributed by atoms with Crippen molar-refractivity contribution in [3.8, 4) is 5.75 Å². The lowest BCUT2D eigenvalue weighted by molar-refractivity contribution is -0.158. The maximum atomic E-state index is 13.4. The quantitative estimate of drug-likeness (QED) is 0.279. The van der Waals surface area contributed by atoms with Gasteiger partial charge in [0.05, 0.1) is 25.7 Å². The summed E-state index contributed by atoms with van der Waals surface area (Å²) in [6.07, 6.45) is 1.46. The number of nitrogens with one attached hydrogen (secondary N) is 1. The van der Waals surface area contributed by atoms with E-state index >= 15 is 0 Å². The number of benzene rings is 2. The highest BCUT2D eigenvalue weighted by atomic mass is 19.1. The van der Waals surface area contributed by atoms with Crippen LogP contribution in [0.3, 0.4) is 0 Å². The van der Waals surface area contributed by atoms with Crippen LogP contribution in [0.1, 0.15) is 46.9 Å².